The minimum Gasteiger partial charge on any atom is -0.472 e. The van der Waals surface area contributed by atoms with Crippen molar-refractivity contribution in [3.05, 3.63) is 59.6 Å². The van der Waals surface area contributed by atoms with E-state index in [9.17, 15) is 18.4 Å². The first kappa shape index (κ1) is 17.7. The number of carbonyl (C=O) groups is 2. The number of piperidine rings is 1. The van der Waals surface area contributed by atoms with Gasteiger partial charge in [0.15, 0.2) is 0 Å². The second-order valence-electron chi connectivity index (χ2n) is 7.51. The van der Waals surface area contributed by atoms with Crippen molar-refractivity contribution in [2.45, 2.75) is 25.8 Å². The van der Waals surface area contributed by atoms with Gasteiger partial charge in [0.2, 0.25) is 5.91 Å². The fourth-order valence-corrected chi connectivity index (χ4v) is 4.14. The van der Waals surface area contributed by atoms with Crippen LogP contribution in [0.15, 0.2) is 41.2 Å². The lowest BCUT2D eigenvalue weighted by molar-refractivity contribution is -0.128. The highest BCUT2D eigenvalue weighted by atomic mass is 19.1. The van der Waals surface area contributed by atoms with Crippen molar-refractivity contribution < 1.29 is 22.8 Å². The third-order valence-electron chi connectivity index (χ3n) is 5.58. The number of nitrogens with zero attached hydrogens (tertiary/aromatic N) is 2. The number of benzene rings is 1. The van der Waals surface area contributed by atoms with Gasteiger partial charge in [0.25, 0.3) is 5.91 Å². The van der Waals surface area contributed by atoms with E-state index in [0.29, 0.717) is 37.2 Å². The molecular formula is C20H20F2N2O3. The topological polar surface area (TPSA) is 53.8 Å². The lowest BCUT2D eigenvalue weighted by Gasteiger charge is -2.38. The van der Waals surface area contributed by atoms with Gasteiger partial charge in [-0.05, 0) is 36.6 Å². The van der Waals surface area contributed by atoms with E-state index in [0.717, 1.165) is 18.9 Å². The molecule has 5 nitrogen and oxygen atoms in total. The van der Waals surface area contributed by atoms with Crippen LogP contribution in [-0.2, 0) is 11.3 Å². The standard InChI is InChI=1S/C20H20F2N2O3/c21-16-7-14(8-17(22)9-16)11-24-13-20(10-18(24)25)2-4-23(5-3-20)19(26)15-1-6-27-12-15/h1,6-9,12H,2-5,10-11,13H2. The smallest absolute Gasteiger partial charge is 0.257 e. The molecule has 2 aliphatic heterocycles. The van der Waals surface area contributed by atoms with E-state index < -0.39 is 11.6 Å². The lowest BCUT2D eigenvalue weighted by Crippen LogP contribution is -2.44. The van der Waals surface area contributed by atoms with Crippen LogP contribution in [0, 0.1) is 17.0 Å². The molecule has 3 heterocycles. The Balaban J connectivity index is 1.40. The Bertz CT molecular complexity index is 838. The number of likely N-dealkylation sites (tertiary alicyclic amines) is 2. The molecule has 1 aromatic heterocycles. The van der Waals surface area contributed by atoms with E-state index in [-0.39, 0.29) is 23.8 Å². The van der Waals surface area contributed by atoms with Crippen LogP contribution in [0.1, 0.15) is 35.2 Å². The summed E-state index contributed by atoms with van der Waals surface area (Å²) in [7, 11) is 0. The molecule has 27 heavy (non-hydrogen) atoms. The zero-order valence-electron chi connectivity index (χ0n) is 14.8. The summed E-state index contributed by atoms with van der Waals surface area (Å²) in [5.74, 6) is -1.35. The van der Waals surface area contributed by atoms with Crippen molar-refractivity contribution in [3.63, 3.8) is 0 Å². The molecule has 2 aliphatic rings. The summed E-state index contributed by atoms with van der Waals surface area (Å²) in [6, 6.07) is 4.98. The van der Waals surface area contributed by atoms with Gasteiger partial charge < -0.3 is 14.2 Å². The first-order valence-electron chi connectivity index (χ1n) is 8.98. The van der Waals surface area contributed by atoms with E-state index in [1.54, 1.807) is 15.9 Å². The quantitative estimate of drug-likeness (QED) is 0.829. The van der Waals surface area contributed by atoms with Crippen LogP contribution in [0.2, 0.25) is 0 Å². The SMILES string of the molecule is O=C1CC2(CCN(C(=O)c3ccoc3)CC2)CN1Cc1cc(F)cc(F)c1. The van der Waals surface area contributed by atoms with Crippen LogP contribution in [0.25, 0.3) is 0 Å². The van der Waals surface area contributed by atoms with Crippen molar-refractivity contribution in [3.8, 4) is 0 Å². The molecule has 2 aromatic rings. The van der Waals surface area contributed by atoms with Crippen LogP contribution in [0.5, 0.6) is 0 Å². The second-order valence-corrected chi connectivity index (χ2v) is 7.51. The third kappa shape index (κ3) is 3.59. The van der Waals surface area contributed by atoms with Crippen LogP contribution in [-0.4, -0.2) is 41.2 Å². The summed E-state index contributed by atoms with van der Waals surface area (Å²) >= 11 is 0. The van der Waals surface area contributed by atoms with Gasteiger partial charge in [0.05, 0.1) is 11.8 Å². The van der Waals surface area contributed by atoms with Gasteiger partial charge in [0.1, 0.15) is 17.9 Å². The molecule has 0 bridgehead atoms. The highest BCUT2D eigenvalue weighted by molar-refractivity contribution is 5.93. The van der Waals surface area contributed by atoms with Gasteiger partial charge in [-0.25, -0.2) is 8.78 Å². The average molecular weight is 374 g/mol. The minimum absolute atomic E-state index is 0.00530. The zero-order chi connectivity index (χ0) is 19.0. The normalized spacial score (nSPS) is 19.1. The summed E-state index contributed by atoms with van der Waals surface area (Å²) < 4.78 is 31.8. The minimum atomic E-state index is -0.641. The third-order valence-corrected chi connectivity index (χ3v) is 5.58. The molecule has 7 heteroatoms. The van der Waals surface area contributed by atoms with Crippen LogP contribution in [0.4, 0.5) is 8.78 Å². The van der Waals surface area contributed by atoms with Gasteiger partial charge in [-0.15, -0.1) is 0 Å². The predicted molar refractivity (Wildman–Crippen MR) is 92.7 cm³/mol. The summed E-state index contributed by atoms with van der Waals surface area (Å²) in [6.07, 6.45) is 4.79. The highest BCUT2D eigenvalue weighted by Crippen LogP contribution is 2.41. The first-order valence-corrected chi connectivity index (χ1v) is 8.98. The molecule has 0 radical (unpaired) electrons. The number of furan rings is 1. The largest absolute Gasteiger partial charge is 0.472 e. The number of hydrogen-bond acceptors (Lipinski definition) is 3. The van der Waals surface area contributed by atoms with Crippen molar-refractivity contribution in [2.75, 3.05) is 19.6 Å². The zero-order valence-corrected chi connectivity index (χ0v) is 14.8. The molecule has 1 spiro atoms. The van der Waals surface area contributed by atoms with Crippen molar-refractivity contribution in [1.82, 2.24) is 9.80 Å². The number of rotatable bonds is 3. The van der Waals surface area contributed by atoms with Gasteiger partial charge >= 0.3 is 0 Å². The van der Waals surface area contributed by atoms with E-state index in [1.165, 1.54) is 24.7 Å². The maximum absolute atomic E-state index is 13.4. The van der Waals surface area contributed by atoms with Gasteiger partial charge in [-0.1, -0.05) is 0 Å². The van der Waals surface area contributed by atoms with Crippen molar-refractivity contribution in [2.24, 2.45) is 5.41 Å². The van der Waals surface area contributed by atoms with Crippen molar-refractivity contribution >= 4 is 11.8 Å². The molecule has 0 N–H and O–H groups in total. The van der Waals surface area contributed by atoms with Crippen molar-refractivity contribution in [1.29, 1.82) is 0 Å². The second kappa shape index (κ2) is 6.79. The fourth-order valence-electron chi connectivity index (χ4n) is 4.14. The van der Waals surface area contributed by atoms with Gasteiger partial charge in [0, 0.05) is 44.1 Å². The monoisotopic (exact) mass is 374 g/mol. The average Bonchev–Trinajstić information content (AvgIpc) is 3.23. The summed E-state index contributed by atoms with van der Waals surface area (Å²) in [5.41, 5.74) is 0.810. The fraction of sp³-hybridized carbons (Fsp3) is 0.400. The molecule has 1 aromatic carbocycles. The number of halogens is 2. The molecule has 142 valence electrons. The molecule has 0 atom stereocenters. The Kier molecular flexibility index (Phi) is 4.45. The molecule has 2 fully saturated rings. The number of amides is 2. The highest BCUT2D eigenvalue weighted by Gasteiger charge is 2.45. The number of carbonyl (C=O) groups excluding carboxylic acids is 2. The number of hydrogen-bond donors (Lipinski definition) is 0. The summed E-state index contributed by atoms with van der Waals surface area (Å²) in [4.78, 5) is 28.3. The Labute approximate surface area is 155 Å². The summed E-state index contributed by atoms with van der Waals surface area (Å²) in [6.45, 7) is 1.92. The van der Waals surface area contributed by atoms with E-state index in [2.05, 4.69) is 0 Å². The van der Waals surface area contributed by atoms with E-state index in [1.807, 2.05) is 0 Å². The molecular weight excluding hydrogens is 354 g/mol. The first-order chi connectivity index (χ1) is 12.9. The van der Waals surface area contributed by atoms with Gasteiger partial charge in [-0.2, -0.15) is 0 Å². The van der Waals surface area contributed by atoms with E-state index >= 15 is 0 Å². The Hall–Kier alpha value is -2.70. The molecule has 0 aliphatic carbocycles. The lowest BCUT2D eigenvalue weighted by atomic mass is 9.77. The Morgan fingerprint density at radius 2 is 1.85 bits per heavy atom. The van der Waals surface area contributed by atoms with Crippen LogP contribution < -0.4 is 0 Å². The Morgan fingerprint density at radius 3 is 2.48 bits per heavy atom. The molecule has 0 unspecified atom stereocenters. The maximum Gasteiger partial charge on any atom is 0.257 e. The van der Waals surface area contributed by atoms with Gasteiger partial charge in [-0.3, -0.25) is 9.59 Å². The molecule has 2 amide bonds. The molecule has 0 saturated carbocycles. The molecule has 2 saturated heterocycles. The maximum atomic E-state index is 13.4. The summed E-state index contributed by atoms with van der Waals surface area (Å²) in [5, 5.41) is 0. The Morgan fingerprint density at radius 1 is 1.15 bits per heavy atom. The predicted octanol–water partition coefficient (Wildman–Crippen LogP) is 3.21. The van der Waals surface area contributed by atoms with E-state index in [4.69, 9.17) is 4.42 Å². The van der Waals surface area contributed by atoms with Crippen LogP contribution in [0.3, 0.4) is 0 Å². The molecule has 4 rings (SSSR count). The van der Waals surface area contributed by atoms with Crippen LogP contribution >= 0.6 is 0 Å².